The van der Waals surface area contributed by atoms with Crippen LogP contribution in [0.3, 0.4) is 0 Å². The summed E-state index contributed by atoms with van der Waals surface area (Å²) in [6.45, 7) is 5.32. The van der Waals surface area contributed by atoms with Crippen LogP contribution < -0.4 is 10.1 Å². The highest BCUT2D eigenvalue weighted by molar-refractivity contribution is 5.78. The fourth-order valence-corrected chi connectivity index (χ4v) is 3.46. The first kappa shape index (κ1) is 20.6. The fourth-order valence-electron chi connectivity index (χ4n) is 3.46. The number of nitrogens with one attached hydrogen (secondary N) is 1. The molecule has 31 heavy (non-hydrogen) atoms. The van der Waals surface area contributed by atoms with Crippen LogP contribution in [-0.4, -0.2) is 33.6 Å². The van der Waals surface area contributed by atoms with Gasteiger partial charge in [0.25, 0.3) is 5.91 Å². The van der Waals surface area contributed by atoms with Crippen LogP contribution >= 0.6 is 0 Å². The molecule has 6 nitrogen and oxygen atoms in total. The van der Waals surface area contributed by atoms with E-state index in [2.05, 4.69) is 46.1 Å². The molecule has 4 rings (SSSR count). The van der Waals surface area contributed by atoms with Crippen molar-refractivity contribution >= 4 is 17.1 Å². The molecule has 1 amide bonds. The first-order valence-corrected chi connectivity index (χ1v) is 10.4. The van der Waals surface area contributed by atoms with Crippen LogP contribution in [0.2, 0.25) is 0 Å². The number of ether oxygens (including phenoxy) is 1. The molecule has 0 aliphatic heterocycles. The van der Waals surface area contributed by atoms with Crippen molar-refractivity contribution in [2.75, 3.05) is 13.2 Å². The lowest BCUT2D eigenvalue weighted by molar-refractivity contribution is -0.123. The van der Waals surface area contributed by atoms with Crippen molar-refractivity contribution in [2.45, 2.75) is 26.8 Å². The van der Waals surface area contributed by atoms with Crippen LogP contribution in [0.5, 0.6) is 5.75 Å². The van der Waals surface area contributed by atoms with Gasteiger partial charge in [-0.05, 0) is 50.1 Å². The summed E-state index contributed by atoms with van der Waals surface area (Å²) in [5.74, 6) is 1.46. The first-order valence-electron chi connectivity index (χ1n) is 10.4. The van der Waals surface area contributed by atoms with Gasteiger partial charge in [-0.2, -0.15) is 0 Å². The van der Waals surface area contributed by atoms with Gasteiger partial charge in [-0.25, -0.2) is 9.97 Å². The highest BCUT2D eigenvalue weighted by Crippen LogP contribution is 2.24. The van der Waals surface area contributed by atoms with E-state index in [0.29, 0.717) is 18.8 Å². The molecule has 1 N–H and O–H groups in total. The van der Waals surface area contributed by atoms with Crippen molar-refractivity contribution in [2.24, 2.45) is 0 Å². The second-order valence-electron chi connectivity index (χ2n) is 7.61. The van der Waals surface area contributed by atoms with E-state index in [1.54, 1.807) is 6.20 Å². The normalized spacial score (nSPS) is 10.9. The number of carbonyl (C=O) groups is 1. The van der Waals surface area contributed by atoms with E-state index >= 15 is 0 Å². The maximum Gasteiger partial charge on any atom is 0.257 e. The van der Waals surface area contributed by atoms with Crippen molar-refractivity contribution in [1.82, 2.24) is 19.9 Å². The van der Waals surface area contributed by atoms with Gasteiger partial charge in [0.15, 0.2) is 12.3 Å². The molecule has 0 bridgehead atoms. The maximum atomic E-state index is 12.1. The lowest BCUT2D eigenvalue weighted by atomic mass is 10.1. The minimum Gasteiger partial charge on any atom is -0.484 e. The molecule has 0 atom stereocenters. The largest absolute Gasteiger partial charge is 0.484 e. The molecule has 0 saturated heterocycles. The topological polar surface area (TPSA) is 69.0 Å². The Morgan fingerprint density at radius 2 is 1.87 bits per heavy atom. The lowest BCUT2D eigenvalue weighted by Gasteiger charge is -2.11. The Balaban J connectivity index is 1.37. The molecular weight excluding hydrogens is 388 g/mol. The van der Waals surface area contributed by atoms with Gasteiger partial charge >= 0.3 is 0 Å². The summed E-state index contributed by atoms with van der Waals surface area (Å²) in [7, 11) is 0. The van der Waals surface area contributed by atoms with Gasteiger partial charge in [0, 0.05) is 24.8 Å². The van der Waals surface area contributed by atoms with Gasteiger partial charge in [0.05, 0.1) is 0 Å². The van der Waals surface area contributed by atoms with Crippen LogP contribution in [0, 0.1) is 13.8 Å². The van der Waals surface area contributed by atoms with Crippen LogP contribution in [0.25, 0.3) is 22.6 Å². The predicted molar refractivity (Wildman–Crippen MR) is 122 cm³/mol. The lowest BCUT2D eigenvalue weighted by Crippen LogP contribution is -2.30. The number of rotatable bonds is 8. The Morgan fingerprint density at radius 3 is 2.68 bits per heavy atom. The molecule has 0 fully saturated rings. The number of nitrogens with zero attached hydrogens (tertiary/aromatic N) is 3. The summed E-state index contributed by atoms with van der Waals surface area (Å²) in [6, 6.07) is 19.9. The Labute approximate surface area is 181 Å². The molecule has 4 aromatic rings. The third-order valence-corrected chi connectivity index (χ3v) is 5.05. The van der Waals surface area contributed by atoms with Gasteiger partial charge in [0.1, 0.15) is 17.1 Å². The number of aryl methyl sites for hydroxylation is 3. The summed E-state index contributed by atoms with van der Waals surface area (Å²) in [6.07, 6.45) is 2.54. The monoisotopic (exact) mass is 414 g/mol. The maximum absolute atomic E-state index is 12.1. The molecular formula is C25H26N4O2. The van der Waals surface area contributed by atoms with Crippen LogP contribution in [0.4, 0.5) is 0 Å². The molecule has 2 heterocycles. The Morgan fingerprint density at radius 1 is 1.03 bits per heavy atom. The molecule has 0 unspecified atom stereocenters. The van der Waals surface area contributed by atoms with Crippen molar-refractivity contribution in [3.8, 4) is 17.1 Å². The number of aromatic nitrogens is 3. The molecule has 2 aromatic heterocycles. The van der Waals surface area contributed by atoms with E-state index in [-0.39, 0.29) is 12.5 Å². The number of pyridine rings is 1. The van der Waals surface area contributed by atoms with Gasteiger partial charge in [-0.3, -0.25) is 4.79 Å². The van der Waals surface area contributed by atoms with Crippen LogP contribution in [0.1, 0.15) is 17.5 Å². The quantitative estimate of drug-likeness (QED) is 0.437. The standard InChI is InChI=1S/C25H26N4O2/c1-18-9-11-20(12-10-18)24-28-22-8-4-13-27-25(22)29(24)15-5-14-26-23(30)17-31-21-7-3-6-19(2)16-21/h3-4,6-13,16H,5,14-15,17H2,1-2H3,(H,26,30). The minimum absolute atomic E-state index is 0.00757. The van der Waals surface area contributed by atoms with Crippen LogP contribution in [-0.2, 0) is 11.3 Å². The third-order valence-electron chi connectivity index (χ3n) is 5.05. The van der Waals surface area contributed by atoms with Gasteiger partial charge in [-0.1, -0.05) is 42.0 Å². The predicted octanol–water partition coefficient (Wildman–Crippen LogP) is 4.30. The summed E-state index contributed by atoms with van der Waals surface area (Å²) < 4.78 is 7.68. The molecule has 158 valence electrons. The highest BCUT2D eigenvalue weighted by atomic mass is 16.5. The number of fused-ring (bicyclic) bond motifs is 1. The molecule has 0 aliphatic carbocycles. The van der Waals surface area contributed by atoms with E-state index in [9.17, 15) is 4.79 Å². The highest BCUT2D eigenvalue weighted by Gasteiger charge is 2.13. The molecule has 0 radical (unpaired) electrons. The Bertz CT molecular complexity index is 1180. The SMILES string of the molecule is Cc1ccc(-c2nc3cccnc3n2CCCNC(=O)COc2cccc(C)c2)cc1. The summed E-state index contributed by atoms with van der Waals surface area (Å²) >= 11 is 0. The second-order valence-corrected chi connectivity index (χ2v) is 7.61. The molecule has 0 spiro atoms. The van der Waals surface area contributed by atoms with E-state index in [0.717, 1.165) is 34.5 Å². The van der Waals surface area contributed by atoms with Crippen molar-refractivity contribution in [3.63, 3.8) is 0 Å². The Kier molecular flexibility index (Phi) is 6.26. The summed E-state index contributed by atoms with van der Waals surface area (Å²) in [5, 5.41) is 2.93. The van der Waals surface area contributed by atoms with E-state index < -0.39 is 0 Å². The average molecular weight is 415 g/mol. The number of amides is 1. The van der Waals surface area contributed by atoms with Crippen LogP contribution in [0.15, 0.2) is 66.9 Å². The van der Waals surface area contributed by atoms with Gasteiger partial charge in [0.2, 0.25) is 0 Å². The van der Waals surface area contributed by atoms with E-state index in [1.807, 2.05) is 43.3 Å². The van der Waals surface area contributed by atoms with E-state index in [4.69, 9.17) is 9.72 Å². The number of hydrogen-bond acceptors (Lipinski definition) is 4. The van der Waals surface area contributed by atoms with Crippen molar-refractivity contribution in [3.05, 3.63) is 78.0 Å². The molecule has 6 heteroatoms. The Hall–Kier alpha value is -3.67. The van der Waals surface area contributed by atoms with Gasteiger partial charge in [-0.15, -0.1) is 0 Å². The molecule has 0 aliphatic rings. The second kappa shape index (κ2) is 9.43. The number of imidazole rings is 1. The smallest absolute Gasteiger partial charge is 0.257 e. The zero-order valence-corrected chi connectivity index (χ0v) is 17.8. The van der Waals surface area contributed by atoms with Crippen molar-refractivity contribution < 1.29 is 9.53 Å². The zero-order valence-electron chi connectivity index (χ0n) is 17.8. The first-order chi connectivity index (χ1) is 15.1. The summed E-state index contributed by atoms with van der Waals surface area (Å²) in [4.78, 5) is 21.4. The number of hydrogen-bond donors (Lipinski definition) is 1. The van der Waals surface area contributed by atoms with E-state index in [1.165, 1.54) is 5.56 Å². The van der Waals surface area contributed by atoms with Gasteiger partial charge < -0.3 is 14.6 Å². The fraction of sp³-hybridized carbons (Fsp3) is 0.240. The molecule has 0 saturated carbocycles. The molecule has 2 aromatic carbocycles. The minimum atomic E-state index is -0.131. The number of carbonyl (C=O) groups excluding carboxylic acids is 1. The van der Waals surface area contributed by atoms with Crippen molar-refractivity contribution in [1.29, 1.82) is 0 Å². The zero-order chi connectivity index (χ0) is 21.6. The average Bonchev–Trinajstić information content (AvgIpc) is 3.14. The summed E-state index contributed by atoms with van der Waals surface area (Å²) in [5.41, 5.74) is 5.09. The third kappa shape index (κ3) is 5.09. The number of benzene rings is 2.